The maximum absolute atomic E-state index is 13.9. The maximum Gasteiger partial charge on any atom is 0.241 e. The van der Waals surface area contributed by atoms with Crippen molar-refractivity contribution in [3.8, 4) is 17.2 Å². The molecule has 3 unspecified atom stereocenters. The van der Waals surface area contributed by atoms with Crippen LogP contribution < -0.4 is 14.4 Å². The van der Waals surface area contributed by atoms with E-state index in [-0.39, 0.29) is 17.6 Å². The normalized spacial score (nSPS) is 25.1. The van der Waals surface area contributed by atoms with Crippen LogP contribution >= 0.6 is 0 Å². The minimum atomic E-state index is -1.08. The van der Waals surface area contributed by atoms with Crippen LogP contribution in [0.1, 0.15) is 24.8 Å². The number of phenols is 1. The van der Waals surface area contributed by atoms with Crippen molar-refractivity contribution in [2.75, 3.05) is 19.1 Å². The first kappa shape index (κ1) is 20.7. The number of hydrogen-bond acceptors (Lipinski definition) is 5. The molecule has 1 fully saturated rings. The highest BCUT2D eigenvalue weighted by molar-refractivity contribution is 6.24. The Labute approximate surface area is 181 Å². The fourth-order valence-corrected chi connectivity index (χ4v) is 4.99. The third-order valence-corrected chi connectivity index (χ3v) is 6.50. The van der Waals surface area contributed by atoms with Gasteiger partial charge in [-0.25, -0.2) is 4.90 Å². The van der Waals surface area contributed by atoms with Crippen molar-refractivity contribution < 1.29 is 24.2 Å². The summed E-state index contributed by atoms with van der Waals surface area (Å²) in [6, 6.07) is 11.9. The van der Waals surface area contributed by atoms with Crippen LogP contribution in [0.25, 0.3) is 0 Å². The highest BCUT2D eigenvalue weighted by atomic mass is 16.5. The lowest BCUT2D eigenvalue weighted by Gasteiger charge is -2.40. The molecule has 2 amide bonds. The number of aromatic hydroxyl groups is 1. The summed E-state index contributed by atoms with van der Waals surface area (Å²) < 4.78 is 11.1. The Morgan fingerprint density at radius 2 is 1.74 bits per heavy atom. The Morgan fingerprint density at radius 1 is 1.13 bits per heavy atom. The number of hydrogen-bond donors (Lipinski definition) is 1. The van der Waals surface area contributed by atoms with E-state index in [1.54, 1.807) is 30.3 Å². The molecule has 6 heteroatoms. The quantitative estimate of drug-likeness (QED) is 0.735. The predicted molar refractivity (Wildman–Crippen MR) is 117 cm³/mol. The number of methoxy groups -OCH3 is 2. The molecule has 160 valence electrons. The Kier molecular flexibility index (Phi) is 5.09. The van der Waals surface area contributed by atoms with E-state index in [2.05, 4.69) is 6.58 Å². The SMILES string of the molecule is C=CC1=CCC2C(=O)N(c3ccccc3)C(=O)C2(C)C1c1c(OC)cc(O)cc1OC. The van der Waals surface area contributed by atoms with Crippen LogP contribution in [0.2, 0.25) is 0 Å². The minimum Gasteiger partial charge on any atom is -0.508 e. The first-order valence-electron chi connectivity index (χ1n) is 10.1. The fraction of sp³-hybridized carbons (Fsp3) is 0.280. The molecule has 1 aliphatic heterocycles. The van der Waals surface area contributed by atoms with Crippen LogP contribution in [0.4, 0.5) is 5.69 Å². The van der Waals surface area contributed by atoms with Gasteiger partial charge in [-0.3, -0.25) is 9.59 Å². The first-order valence-corrected chi connectivity index (χ1v) is 10.1. The summed E-state index contributed by atoms with van der Waals surface area (Å²) in [4.78, 5) is 28.6. The van der Waals surface area contributed by atoms with Crippen LogP contribution in [0, 0.1) is 11.3 Å². The molecule has 0 radical (unpaired) electrons. The number of carbonyl (C=O) groups excluding carboxylic acids is 2. The first-order chi connectivity index (χ1) is 14.9. The Balaban J connectivity index is 1.96. The molecular weight excluding hydrogens is 394 g/mol. The summed E-state index contributed by atoms with van der Waals surface area (Å²) in [5.41, 5.74) is 0.897. The van der Waals surface area contributed by atoms with E-state index in [0.717, 1.165) is 5.57 Å². The second-order valence-electron chi connectivity index (χ2n) is 7.99. The molecule has 2 aromatic rings. The number of rotatable bonds is 5. The lowest BCUT2D eigenvalue weighted by molar-refractivity contribution is -0.127. The van der Waals surface area contributed by atoms with E-state index in [4.69, 9.17) is 9.47 Å². The Bertz CT molecular complexity index is 1070. The van der Waals surface area contributed by atoms with E-state index in [9.17, 15) is 14.7 Å². The molecule has 4 rings (SSSR count). The third-order valence-electron chi connectivity index (χ3n) is 6.50. The second kappa shape index (κ2) is 7.61. The van der Waals surface area contributed by atoms with Crippen LogP contribution in [-0.2, 0) is 9.59 Å². The fourth-order valence-electron chi connectivity index (χ4n) is 4.99. The molecule has 2 aliphatic rings. The molecule has 1 N–H and O–H groups in total. The van der Waals surface area contributed by atoms with Crippen molar-refractivity contribution in [1.29, 1.82) is 0 Å². The van der Waals surface area contributed by atoms with Crippen molar-refractivity contribution in [1.82, 2.24) is 0 Å². The van der Waals surface area contributed by atoms with Gasteiger partial charge in [0.2, 0.25) is 11.8 Å². The van der Waals surface area contributed by atoms with Crippen molar-refractivity contribution in [2.45, 2.75) is 19.3 Å². The molecule has 3 atom stereocenters. The Morgan fingerprint density at radius 3 is 2.29 bits per heavy atom. The van der Waals surface area contributed by atoms with E-state index >= 15 is 0 Å². The number of carbonyl (C=O) groups is 2. The average Bonchev–Trinajstić information content (AvgIpc) is 2.98. The summed E-state index contributed by atoms with van der Waals surface area (Å²) in [7, 11) is 2.99. The number of anilines is 1. The maximum atomic E-state index is 13.9. The number of benzene rings is 2. The van der Waals surface area contributed by atoms with Gasteiger partial charge in [0.25, 0.3) is 0 Å². The third kappa shape index (κ3) is 2.93. The molecule has 2 aromatic carbocycles. The number of fused-ring (bicyclic) bond motifs is 1. The lowest BCUT2D eigenvalue weighted by Crippen LogP contribution is -2.42. The topological polar surface area (TPSA) is 76.1 Å². The van der Waals surface area contributed by atoms with Gasteiger partial charge < -0.3 is 14.6 Å². The highest BCUT2D eigenvalue weighted by Crippen LogP contribution is 2.59. The Hall–Kier alpha value is -3.54. The molecule has 0 aromatic heterocycles. The standard InChI is InChI=1S/C25H25NO5/c1-5-15-11-12-18-23(28)26(16-9-7-6-8-10-16)24(29)25(18,2)22(15)21-19(30-3)13-17(27)14-20(21)31-4/h5-11,13-14,18,22,27H,1,12H2,2-4H3. The molecule has 1 aliphatic carbocycles. The molecule has 6 nitrogen and oxygen atoms in total. The number of imide groups is 1. The predicted octanol–water partition coefficient (Wildman–Crippen LogP) is 4.21. The van der Waals surface area contributed by atoms with Gasteiger partial charge in [0, 0.05) is 23.6 Å². The lowest BCUT2D eigenvalue weighted by atomic mass is 9.59. The van der Waals surface area contributed by atoms with Crippen LogP contribution in [0.15, 0.2) is 66.8 Å². The van der Waals surface area contributed by atoms with Crippen molar-refractivity contribution in [3.63, 3.8) is 0 Å². The number of phenolic OH excluding ortho intramolecular Hbond substituents is 1. The monoisotopic (exact) mass is 419 g/mol. The van der Waals surface area contributed by atoms with Gasteiger partial charge in [-0.15, -0.1) is 0 Å². The smallest absolute Gasteiger partial charge is 0.241 e. The van der Waals surface area contributed by atoms with Gasteiger partial charge in [0.1, 0.15) is 17.2 Å². The molecule has 0 bridgehead atoms. The van der Waals surface area contributed by atoms with E-state index in [1.165, 1.54) is 31.3 Å². The zero-order chi connectivity index (χ0) is 22.3. The summed E-state index contributed by atoms with van der Waals surface area (Å²) in [6.07, 6.45) is 4.10. The summed E-state index contributed by atoms with van der Waals surface area (Å²) in [5, 5.41) is 10.1. The van der Waals surface area contributed by atoms with Crippen molar-refractivity contribution >= 4 is 17.5 Å². The van der Waals surface area contributed by atoms with E-state index in [1.807, 2.05) is 19.1 Å². The van der Waals surface area contributed by atoms with Gasteiger partial charge in [-0.2, -0.15) is 0 Å². The molecule has 31 heavy (non-hydrogen) atoms. The summed E-state index contributed by atoms with van der Waals surface area (Å²) in [6.45, 7) is 5.77. The van der Waals surface area contributed by atoms with Crippen LogP contribution in [0.3, 0.4) is 0 Å². The molecule has 0 spiro atoms. The van der Waals surface area contributed by atoms with Gasteiger partial charge in [0.15, 0.2) is 0 Å². The van der Waals surface area contributed by atoms with Crippen molar-refractivity contribution in [3.05, 3.63) is 72.3 Å². The number of ether oxygens (including phenoxy) is 2. The molecule has 1 saturated heterocycles. The van der Waals surface area contributed by atoms with Gasteiger partial charge in [-0.05, 0) is 31.1 Å². The minimum absolute atomic E-state index is 0.0150. The van der Waals surface area contributed by atoms with E-state index in [0.29, 0.717) is 29.2 Å². The molecular formula is C25H25NO5. The van der Waals surface area contributed by atoms with Crippen LogP contribution in [-0.4, -0.2) is 31.1 Å². The highest BCUT2D eigenvalue weighted by Gasteiger charge is 2.62. The van der Waals surface area contributed by atoms with Crippen molar-refractivity contribution in [2.24, 2.45) is 11.3 Å². The van der Waals surface area contributed by atoms with Crippen LogP contribution in [0.5, 0.6) is 17.2 Å². The van der Waals surface area contributed by atoms with Gasteiger partial charge >= 0.3 is 0 Å². The zero-order valence-corrected chi connectivity index (χ0v) is 17.8. The number of para-hydroxylation sites is 1. The second-order valence-corrected chi connectivity index (χ2v) is 7.99. The molecule has 1 heterocycles. The summed E-state index contributed by atoms with van der Waals surface area (Å²) >= 11 is 0. The van der Waals surface area contributed by atoms with Gasteiger partial charge in [-0.1, -0.05) is 36.9 Å². The average molecular weight is 419 g/mol. The van der Waals surface area contributed by atoms with E-state index < -0.39 is 17.3 Å². The number of allylic oxidation sites excluding steroid dienone is 3. The zero-order valence-electron chi connectivity index (χ0n) is 17.8. The van der Waals surface area contributed by atoms with Gasteiger partial charge in [0.05, 0.1) is 31.2 Å². The number of nitrogens with zero attached hydrogens (tertiary/aromatic N) is 1. The number of amides is 2. The molecule has 0 saturated carbocycles. The largest absolute Gasteiger partial charge is 0.508 e. The summed E-state index contributed by atoms with van der Waals surface area (Å²) in [5.74, 6) is -0.830.